The van der Waals surface area contributed by atoms with Crippen LogP contribution in [-0.2, 0) is 4.79 Å². The minimum atomic E-state index is -0.246. The average Bonchev–Trinajstić information content (AvgIpc) is 3.13. The fourth-order valence-corrected chi connectivity index (χ4v) is 5.55. The van der Waals surface area contributed by atoms with Gasteiger partial charge in [-0.05, 0) is 99.8 Å². The molecule has 9 nitrogen and oxygen atoms in total. The molecule has 0 spiro atoms. The van der Waals surface area contributed by atoms with Crippen LogP contribution in [0.4, 0.5) is 17.2 Å². The molecule has 0 radical (unpaired) electrons. The maximum absolute atomic E-state index is 13.6. The summed E-state index contributed by atoms with van der Waals surface area (Å²) in [6.45, 7) is 3.56. The van der Waals surface area contributed by atoms with Gasteiger partial charge in [-0.2, -0.15) is 0 Å². The number of pyridine rings is 1. The Morgan fingerprint density at radius 2 is 1.80 bits per heavy atom. The first-order chi connectivity index (χ1) is 20.0. The molecular weight excluding hydrogens is 518 g/mol. The quantitative estimate of drug-likeness (QED) is 0.262. The molecule has 3 aromatic rings. The van der Waals surface area contributed by atoms with Gasteiger partial charge in [0.2, 0.25) is 5.91 Å². The molecular formula is C32H37N5O4. The molecule has 41 heavy (non-hydrogen) atoms. The number of nitrogens with one attached hydrogen (secondary N) is 2. The lowest BCUT2D eigenvalue weighted by Gasteiger charge is -2.33. The molecule has 1 fully saturated rings. The molecule has 0 atom stereocenters. The van der Waals surface area contributed by atoms with Gasteiger partial charge in [0.1, 0.15) is 5.75 Å². The number of piperidine rings is 1. The fraction of sp³-hybridized carbons (Fsp3) is 0.375. The van der Waals surface area contributed by atoms with Crippen LogP contribution in [0.3, 0.4) is 0 Å². The summed E-state index contributed by atoms with van der Waals surface area (Å²) in [5, 5.41) is 6.29. The highest BCUT2D eigenvalue weighted by Crippen LogP contribution is 2.36. The Kier molecular flexibility index (Phi) is 9.38. The number of para-hydroxylation sites is 1. The van der Waals surface area contributed by atoms with E-state index in [2.05, 4.69) is 20.5 Å². The molecule has 0 unspecified atom stereocenters. The number of methoxy groups -OCH3 is 1. The number of benzene rings is 2. The van der Waals surface area contributed by atoms with E-state index in [0.29, 0.717) is 47.2 Å². The van der Waals surface area contributed by atoms with E-state index in [0.717, 1.165) is 51.1 Å². The second-order valence-electron chi connectivity index (χ2n) is 10.6. The topological polar surface area (TPSA) is 104 Å². The largest absolute Gasteiger partial charge is 0.497 e. The van der Waals surface area contributed by atoms with Crippen molar-refractivity contribution in [1.29, 1.82) is 0 Å². The van der Waals surface area contributed by atoms with Crippen LogP contribution in [0.2, 0.25) is 0 Å². The van der Waals surface area contributed by atoms with Gasteiger partial charge in [0.25, 0.3) is 5.91 Å². The Morgan fingerprint density at radius 1 is 1.02 bits per heavy atom. The molecule has 2 N–H and O–H groups in total. The molecule has 5 rings (SSSR count). The number of fused-ring (bicyclic) bond motifs is 2. The Hall–Kier alpha value is -4.08. The first kappa shape index (κ1) is 28.4. The lowest BCUT2D eigenvalue weighted by Crippen LogP contribution is -2.42. The number of carbonyl (C=O) groups is 3. The van der Waals surface area contributed by atoms with Gasteiger partial charge < -0.3 is 15.4 Å². The van der Waals surface area contributed by atoms with Gasteiger partial charge in [0.05, 0.1) is 30.6 Å². The highest BCUT2D eigenvalue weighted by atomic mass is 16.5. The van der Waals surface area contributed by atoms with E-state index < -0.39 is 0 Å². The van der Waals surface area contributed by atoms with Crippen molar-refractivity contribution in [3.8, 4) is 5.75 Å². The fourth-order valence-electron chi connectivity index (χ4n) is 5.55. The first-order valence-corrected chi connectivity index (χ1v) is 14.3. The third-order valence-electron chi connectivity index (χ3n) is 7.86. The number of ketones is 1. The summed E-state index contributed by atoms with van der Waals surface area (Å²) < 4.78 is 5.15. The van der Waals surface area contributed by atoms with Crippen molar-refractivity contribution < 1.29 is 19.1 Å². The summed E-state index contributed by atoms with van der Waals surface area (Å²) in [7, 11) is 1.61. The van der Waals surface area contributed by atoms with Crippen molar-refractivity contribution in [3.05, 3.63) is 78.0 Å². The molecule has 1 aromatic heterocycles. The van der Waals surface area contributed by atoms with E-state index in [1.807, 2.05) is 30.3 Å². The molecule has 2 aromatic carbocycles. The van der Waals surface area contributed by atoms with E-state index in [9.17, 15) is 14.4 Å². The van der Waals surface area contributed by atoms with Crippen LogP contribution in [0.1, 0.15) is 52.8 Å². The molecule has 0 saturated carbocycles. The predicted molar refractivity (Wildman–Crippen MR) is 159 cm³/mol. The number of carbonyl (C=O) groups excluding carboxylic acids is 3. The van der Waals surface area contributed by atoms with Crippen LogP contribution in [-0.4, -0.2) is 67.3 Å². The number of Topliss-reactive ketones (excluding diaryl/α,β-unsaturated/α-hetero) is 1. The van der Waals surface area contributed by atoms with E-state index >= 15 is 0 Å². The van der Waals surface area contributed by atoms with Gasteiger partial charge in [0, 0.05) is 24.7 Å². The zero-order valence-electron chi connectivity index (χ0n) is 23.5. The number of amides is 2. The second kappa shape index (κ2) is 13.5. The Balaban J connectivity index is 1.05. The number of hydrogen-bond donors (Lipinski definition) is 2. The summed E-state index contributed by atoms with van der Waals surface area (Å²) in [5.74, 6) is 1.62. The van der Waals surface area contributed by atoms with Crippen LogP contribution >= 0.6 is 0 Å². The van der Waals surface area contributed by atoms with E-state index in [1.54, 1.807) is 48.5 Å². The highest BCUT2D eigenvalue weighted by molar-refractivity contribution is 6.17. The SMILES string of the molecule is COc1ccc(C(=O)CCNCCCC2CCN(CC(=O)N3c4ccccc4C(=O)Nc4cccnc43)CC2)cc1. The lowest BCUT2D eigenvalue weighted by molar-refractivity contribution is -0.119. The van der Waals surface area contributed by atoms with Crippen molar-refractivity contribution in [2.75, 3.05) is 50.1 Å². The minimum Gasteiger partial charge on any atom is -0.497 e. The monoisotopic (exact) mass is 555 g/mol. The number of likely N-dealkylation sites (tertiary alicyclic amines) is 1. The van der Waals surface area contributed by atoms with Crippen LogP contribution in [0.15, 0.2) is 66.9 Å². The molecule has 2 aliphatic heterocycles. The molecule has 0 bridgehead atoms. The third-order valence-corrected chi connectivity index (χ3v) is 7.86. The summed E-state index contributed by atoms with van der Waals surface area (Å²) in [6.07, 6.45) is 6.41. The van der Waals surface area contributed by atoms with Crippen molar-refractivity contribution in [1.82, 2.24) is 15.2 Å². The van der Waals surface area contributed by atoms with Gasteiger partial charge in [-0.15, -0.1) is 0 Å². The zero-order valence-corrected chi connectivity index (χ0v) is 23.5. The van der Waals surface area contributed by atoms with E-state index in [4.69, 9.17) is 4.74 Å². The predicted octanol–water partition coefficient (Wildman–Crippen LogP) is 4.68. The minimum absolute atomic E-state index is 0.0965. The van der Waals surface area contributed by atoms with E-state index in [-0.39, 0.29) is 24.1 Å². The van der Waals surface area contributed by atoms with Gasteiger partial charge in [0.15, 0.2) is 11.6 Å². The van der Waals surface area contributed by atoms with Gasteiger partial charge in [-0.25, -0.2) is 4.98 Å². The standard InChI is InChI=1S/C32H37N5O4/c1-41-25-12-10-24(11-13-25)29(38)14-19-33-17-4-6-23-15-20-36(21-16-23)22-30(39)37-28-9-3-2-7-26(28)32(40)35-27-8-5-18-34-31(27)37/h2-3,5,7-13,18,23,33H,4,6,14-17,19-22H2,1H3,(H,35,40). The van der Waals surface area contributed by atoms with Crippen molar-refractivity contribution >= 4 is 34.8 Å². The zero-order chi connectivity index (χ0) is 28.6. The van der Waals surface area contributed by atoms with Gasteiger partial charge in [-0.1, -0.05) is 12.1 Å². The molecule has 214 valence electrons. The number of ether oxygens (including phenoxy) is 1. The Morgan fingerprint density at radius 3 is 2.59 bits per heavy atom. The van der Waals surface area contributed by atoms with Crippen LogP contribution in [0, 0.1) is 5.92 Å². The van der Waals surface area contributed by atoms with Crippen molar-refractivity contribution in [3.63, 3.8) is 0 Å². The summed E-state index contributed by atoms with van der Waals surface area (Å²) >= 11 is 0. The second-order valence-corrected chi connectivity index (χ2v) is 10.6. The van der Waals surface area contributed by atoms with Gasteiger partial charge >= 0.3 is 0 Å². The smallest absolute Gasteiger partial charge is 0.257 e. The summed E-state index contributed by atoms with van der Waals surface area (Å²) in [5.41, 5.74) is 2.25. The highest BCUT2D eigenvalue weighted by Gasteiger charge is 2.31. The molecule has 0 aliphatic carbocycles. The first-order valence-electron chi connectivity index (χ1n) is 14.3. The summed E-state index contributed by atoms with van der Waals surface area (Å²) in [6, 6.07) is 17.9. The number of rotatable bonds is 11. The number of anilines is 3. The number of hydrogen-bond acceptors (Lipinski definition) is 7. The number of aromatic nitrogens is 1. The third kappa shape index (κ3) is 6.99. The van der Waals surface area contributed by atoms with Crippen molar-refractivity contribution in [2.24, 2.45) is 5.92 Å². The molecule has 1 saturated heterocycles. The molecule has 3 heterocycles. The normalized spacial score (nSPS) is 15.4. The van der Waals surface area contributed by atoms with Crippen LogP contribution < -0.4 is 20.3 Å². The maximum atomic E-state index is 13.6. The van der Waals surface area contributed by atoms with Gasteiger partial charge in [-0.3, -0.25) is 24.2 Å². The maximum Gasteiger partial charge on any atom is 0.257 e. The molecule has 9 heteroatoms. The Bertz CT molecular complexity index is 1370. The lowest BCUT2D eigenvalue weighted by atomic mass is 9.92. The molecule has 2 aliphatic rings. The van der Waals surface area contributed by atoms with Crippen LogP contribution in [0.5, 0.6) is 5.75 Å². The summed E-state index contributed by atoms with van der Waals surface area (Å²) in [4.78, 5) is 47.0. The molecule has 2 amide bonds. The van der Waals surface area contributed by atoms with E-state index in [1.165, 1.54) is 0 Å². The Labute approximate surface area is 240 Å². The number of nitrogens with zero attached hydrogens (tertiary/aromatic N) is 3. The van der Waals surface area contributed by atoms with Crippen LogP contribution in [0.25, 0.3) is 0 Å². The van der Waals surface area contributed by atoms with Crippen molar-refractivity contribution in [2.45, 2.75) is 32.1 Å². The average molecular weight is 556 g/mol.